The monoisotopic (exact) mass is 361 g/mol. The highest BCUT2D eigenvalue weighted by atomic mass is 32.1. The summed E-state index contributed by atoms with van der Waals surface area (Å²) in [7, 11) is 0. The summed E-state index contributed by atoms with van der Waals surface area (Å²) < 4.78 is 10.8. The number of hydrogen-bond donors (Lipinski definition) is 1. The SMILES string of the molecule is Cc1ccc(OCCOC(=O)[C@@H](NC(=O)c2cccs2)C(C)C)cc1. The summed E-state index contributed by atoms with van der Waals surface area (Å²) in [5.74, 6) is -0.0588. The Labute approximate surface area is 152 Å². The number of carbonyl (C=O) groups is 2. The van der Waals surface area contributed by atoms with Crippen LogP contribution in [0.5, 0.6) is 5.75 Å². The fourth-order valence-corrected chi connectivity index (χ4v) is 2.77. The molecule has 134 valence electrons. The Morgan fingerprint density at radius 3 is 2.44 bits per heavy atom. The van der Waals surface area contributed by atoms with Gasteiger partial charge < -0.3 is 14.8 Å². The van der Waals surface area contributed by atoms with Gasteiger partial charge in [-0.3, -0.25) is 4.79 Å². The molecule has 0 spiro atoms. The van der Waals surface area contributed by atoms with Crippen molar-refractivity contribution in [3.63, 3.8) is 0 Å². The average molecular weight is 361 g/mol. The highest BCUT2D eigenvalue weighted by Crippen LogP contribution is 2.12. The van der Waals surface area contributed by atoms with Gasteiger partial charge in [-0.25, -0.2) is 4.79 Å². The third kappa shape index (κ3) is 5.90. The van der Waals surface area contributed by atoms with Crippen LogP contribution in [0.25, 0.3) is 0 Å². The molecule has 0 aliphatic heterocycles. The number of ether oxygens (including phenoxy) is 2. The van der Waals surface area contributed by atoms with E-state index < -0.39 is 12.0 Å². The normalized spacial score (nSPS) is 11.8. The quantitative estimate of drug-likeness (QED) is 0.578. The lowest BCUT2D eigenvalue weighted by molar-refractivity contribution is -0.147. The van der Waals surface area contributed by atoms with Crippen LogP contribution in [-0.2, 0) is 9.53 Å². The molecule has 0 aliphatic rings. The van der Waals surface area contributed by atoms with Gasteiger partial charge in [-0.15, -0.1) is 11.3 Å². The Morgan fingerprint density at radius 2 is 1.84 bits per heavy atom. The maximum Gasteiger partial charge on any atom is 0.329 e. The van der Waals surface area contributed by atoms with Gasteiger partial charge in [0.2, 0.25) is 0 Å². The number of rotatable bonds is 8. The smallest absolute Gasteiger partial charge is 0.329 e. The molecule has 1 amide bonds. The van der Waals surface area contributed by atoms with Gasteiger partial charge in [-0.1, -0.05) is 37.6 Å². The number of amides is 1. The first kappa shape index (κ1) is 19.0. The third-order valence-electron chi connectivity index (χ3n) is 3.57. The molecule has 1 aromatic carbocycles. The summed E-state index contributed by atoms with van der Waals surface area (Å²) in [5, 5.41) is 4.56. The van der Waals surface area contributed by atoms with Crippen molar-refractivity contribution in [2.24, 2.45) is 5.92 Å². The topological polar surface area (TPSA) is 64.6 Å². The summed E-state index contributed by atoms with van der Waals surface area (Å²) in [6, 6.07) is 10.5. The Balaban J connectivity index is 1.79. The fourth-order valence-electron chi connectivity index (χ4n) is 2.14. The molecule has 0 saturated heterocycles. The van der Waals surface area contributed by atoms with Crippen LogP contribution in [0.1, 0.15) is 29.1 Å². The van der Waals surface area contributed by atoms with Crippen molar-refractivity contribution in [3.05, 3.63) is 52.2 Å². The molecule has 0 radical (unpaired) electrons. The van der Waals surface area contributed by atoms with Crippen molar-refractivity contribution in [3.8, 4) is 5.75 Å². The third-order valence-corrected chi connectivity index (χ3v) is 4.44. The number of esters is 1. The van der Waals surface area contributed by atoms with Gasteiger partial charge in [-0.2, -0.15) is 0 Å². The molecule has 0 fully saturated rings. The van der Waals surface area contributed by atoms with Crippen LogP contribution in [0, 0.1) is 12.8 Å². The molecule has 2 aromatic rings. The van der Waals surface area contributed by atoms with Crippen LogP contribution in [0.3, 0.4) is 0 Å². The number of benzene rings is 1. The average Bonchev–Trinajstić information content (AvgIpc) is 3.12. The van der Waals surface area contributed by atoms with E-state index in [9.17, 15) is 9.59 Å². The highest BCUT2D eigenvalue weighted by Gasteiger charge is 2.26. The van der Waals surface area contributed by atoms with Gasteiger partial charge in [0.05, 0.1) is 4.88 Å². The molecule has 1 aromatic heterocycles. The molecule has 0 saturated carbocycles. The first-order valence-corrected chi connectivity index (χ1v) is 9.06. The van der Waals surface area contributed by atoms with Crippen LogP contribution in [0.2, 0.25) is 0 Å². The van der Waals surface area contributed by atoms with Crippen LogP contribution in [-0.4, -0.2) is 31.1 Å². The van der Waals surface area contributed by atoms with E-state index in [0.717, 1.165) is 11.3 Å². The van der Waals surface area contributed by atoms with Crippen LogP contribution < -0.4 is 10.1 Å². The van der Waals surface area contributed by atoms with Gasteiger partial charge in [0, 0.05) is 0 Å². The van der Waals surface area contributed by atoms with E-state index in [-0.39, 0.29) is 25.0 Å². The molecule has 6 heteroatoms. The minimum atomic E-state index is -0.686. The predicted octanol–water partition coefficient (Wildman–Crippen LogP) is 3.43. The van der Waals surface area contributed by atoms with E-state index in [2.05, 4.69) is 5.32 Å². The molecular weight excluding hydrogens is 338 g/mol. The lowest BCUT2D eigenvalue weighted by Gasteiger charge is -2.20. The van der Waals surface area contributed by atoms with Gasteiger partial charge in [0.15, 0.2) is 0 Å². The molecule has 5 nitrogen and oxygen atoms in total. The van der Waals surface area contributed by atoms with Crippen LogP contribution in [0.15, 0.2) is 41.8 Å². The number of carbonyl (C=O) groups excluding carboxylic acids is 2. The molecule has 1 N–H and O–H groups in total. The molecule has 25 heavy (non-hydrogen) atoms. The first-order valence-electron chi connectivity index (χ1n) is 8.18. The van der Waals surface area contributed by atoms with Gasteiger partial charge in [0.25, 0.3) is 5.91 Å². The number of nitrogens with one attached hydrogen (secondary N) is 1. The standard InChI is InChI=1S/C19H23NO4S/c1-13(2)17(20-18(21)16-5-4-12-25-16)19(22)24-11-10-23-15-8-6-14(3)7-9-15/h4-9,12-13,17H,10-11H2,1-3H3,(H,20,21)/t17-/m0/s1. The molecule has 2 rings (SSSR count). The number of thiophene rings is 1. The lowest BCUT2D eigenvalue weighted by atomic mass is 10.0. The van der Waals surface area contributed by atoms with E-state index >= 15 is 0 Å². The van der Waals surface area contributed by atoms with Crippen LogP contribution in [0.4, 0.5) is 0 Å². The second-order valence-corrected chi connectivity index (χ2v) is 6.95. The Hall–Kier alpha value is -2.34. The van der Waals surface area contributed by atoms with Crippen molar-refractivity contribution in [1.82, 2.24) is 5.32 Å². The van der Waals surface area contributed by atoms with Gasteiger partial charge >= 0.3 is 5.97 Å². The van der Waals surface area contributed by atoms with Gasteiger partial charge in [0.1, 0.15) is 25.0 Å². The number of hydrogen-bond acceptors (Lipinski definition) is 5. The highest BCUT2D eigenvalue weighted by molar-refractivity contribution is 7.12. The van der Waals surface area contributed by atoms with Crippen molar-refractivity contribution < 1.29 is 19.1 Å². The molecule has 0 aliphatic carbocycles. The summed E-state index contributed by atoms with van der Waals surface area (Å²) in [4.78, 5) is 25.0. The second-order valence-electron chi connectivity index (χ2n) is 6.00. The molecular formula is C19H23NO4S. The first-order chi connectivity index (χ1) is 12.0. The maximum atomic E-state index is 12.3. The van der Waals surface area contributed by atoms with E-state index in [1.54, 1.807) is 12.1 Å². The van der Waals surface area contributed by atoms with Crippen molar-refractivity contribution in [2.45, 2.75) is 26.8 Å². The van der Waals surface area contributed by atoms with E-state index in [4.69, 9.17) is 9.47 Å². The minimum absolute atomic E-state index is 0.0746. The minimum Gasteiger partial charge on any atom is -0.490 e. The van der Waals surface area contributed by atoms with Crippen molar-refractivity contribution in [2.75, 3.05) is 13.2 Å². The Bertz CT molecular complexity index is 680. The molecule has 0 bridgehead atoms. The zero-order chi connectivity index (χ0) is 18.2. The van der Waals surface area contributed by atoms with E-state index in [1.165, 1.54) is 11.3 Å². The predicted molar refractivity (Wildman–Crippen MR) is 98.0 cm³/mol. The van der Waals surface area contributed by atoms with E-state index in [1.807, 2.05) is 50.4 Å². The van der Waals surface area contributed by atoms with Crippen LogP contribution >= 0.6 is 11.3 Å². The van der Waals surface area contributed by atoms with E-state index in [0.29, 0.717) is 4.88 Å². The largest absolute Gasteiger partial charge is 0.490 e. The second kappa shape index (κ2) is 9.22. The summed E-state index contributed by atoms with van der Waals surface area (Å²) in [6.45, 7) is 6.12. The summed E-state index contributed by atoms with van der Waals surface area (Å²) in [6.07, 6.45) is 0. The molecule has 0 unspecified atom stereocenters. The number of aryl methyl sites for hydroxylation is 1. The summed E-state index contributed by atoms with van der Waals surface area (Å²) in [5.41, 5.74) is 1.15. The Morgan fingerprint density at radius 1 is 1.12 bits per heavy atom. The Kier molecular flexibility index (Phi) is 7.01. The zero-order valence-electron chi connectivity index (χ0n) is 14.7. The molecule has 1 heterocycles. The van der Waals surface area contributed by atoms with Crippen molar-refractivity contribution >= 4 is 23.2 Å². The van der Waals surface area contributed by atoms with Gasteiger partial charge in [-0.05, 0) is 36.4 Å². The summed E-state index contributed by atoms with van der Waals surface area (Å²) >= 11 is 1.33. The molecule has 1 atom stereocenters. The lowest BCUT2D eigenvalue weighted by Crippen LogP contribution is -2.45. The maximum absolute atomic E-state index is 12.3. The van der Waals surface area contributed by atoms with Crippen molar-refractivity contribution in [1.29, 1.82) is 0 Å². The zero-order valence-corrected chi connectivity index (χ0v) is 15.5. The fraction of sp³-hybridized carbons (Fsp3) is 0.368.